The lowest BCUT2D eigenvalue weighted by molar-refractivity contribution is -0.124. The van der Waals surface area contributed by atoms with Crippen molar-refractivity contribution in [3.05, 3.63) is 64.7 Å². The molecule has 6 heteroatoms. The molecule has 2 aromatic rings. The fourth-order valence-electron chi connectivity index (χ4n) is 1.71. The maximum atomic E-state index is 11.7. The van der Waals surface area contributed by atoms with Gasteiger partial charge in [-0.25, -0.2) is 4.79 Å². The average molecular weight is 320 g/mol. The van der Waals surface area contributed by atoms with Crippen molar-refractivity contribution in [2.24, 2.45) is 0 Å². The molecule has 2 N–H and O–H groups in total. The lowest BCUT2D eigenvalue weighted by Crippen LogP contribution is -2.28. The van der Waals surface area contributed by atoms with Crippen LogP contribution in [0.1, 0.15) is 15.9 Å². The number of phenolic OH excluding ortho intramolecular Hbond substituents is 1. The molecule has 0 fully saturated rings. The van der Waals surface area contributed by atoms with Gasteiger partial charge in [0, 0.05) is 11.6 Å². The van der Waals surface area contributed by atoms with Crippen molar-refractivity contribution in [2.45, 2.75) is 6.54 Å². The molecule has 0 heterocycles. The maximum Gasteiger partial charge on any atom is 0.338 e. The maximum absolute atomic E-state index is 11.7. The second kappa shape index (κ2) is 7.47. The smallest absolute Gasteiger partial charge is 0.338 e. The highest BCUT2D eigenvalue weighted by molar-refractivity contribution is 6.30. The van der Waals surface area contributed by atoms with Crippen LogP contribution in [0.2, 0.25) is 5.02 Å². The summed E-state index contributed by atoms with van der Waals surface area (Å²) < 4.78 is 4.88. The molecule has 2 aromatic carbocycles. The molecule has 5 nitrogen and oxygen atoms in total. The second-order valence-electron chi connectivity index (χ2n) is 4.53. The molecule has 0 aliphatic rings. The van der Waals surface area contributed by atoms with Crippen LogP contribution in [-0.2, 0) is 16.1 Å². The van der Waals surface area contributed by atoms with E-state index in [2.05, 4.69) is 5.32 Å². The van der Waals surface area contributed by atoms with Gasteiger partial charge < -0.3 is 15.2 Å². The molecular formula is C16H14ClNO4. The Labute approximate surface area is 132 Å². The molecule has 0 unspecified atom stereocenters. The van der Waals surface area contributed by atoms with Gasteiger partial charge in [0.1, 0.15) is 5.75 Å². The minimum absolute atomic E-state index is 0.0517. The number of hydrogen-bond acceptors (Lipinski definition) is 4. The molecule has 0 radical (unpaired) electrons. The molecule has 0 atom stereocenters. The first-order chi connectivity index (χ1) is 10.5. The van der Waals surface area contributed by atoms with Crippen LogP contribution in [0.5, 0.6) is 5.75 Å². The van der Waals surface area contributed by atoms with E-state index in [0.29, 0.717) is 11.6 Å². The Morgan fingerprint density at radius 1 is 1.14 bits per heavy atom. The first kappa shape index (κ1) is 15.9. The standard InChI is InChI=1S/C16H14ClNO4/c17-13-3-1-2-11(8-13)9-18-15(20)10-22-16(21)12-4-6-14(19)7-5-12/h1-8,19H,9-10H2,(H,18,20). The van der Waals surface area contributed by atoms with Gasteiger partial charge in [-0.15, -0.1) is 0 Å². The van der Waals surface area contributed by atoms with E-state index in [1.165, 1.54) is 24.3 Å². The molecule has 0 spiro atoms. The third kappa shape index (κ3) is 4.79. The first-order valence-electron chi connectivity index (χ1n) is 6.52. The Bertz CT molecular complexity index is 670. The highest BCUT2D eigenvalue weighted by Gasteiger charge is 2.10. The van der Waals surface area contributed by atoms with Crippen molar-refractivity contribution in [2.75, 3.05) is 6.61 Å². The second-order valence-corrected chi connectivity index (χ2v) is 4.97. The zero-order valence-corrected chi connectivity index (χ0v) is 12.3. The SMILES string of the molecule is O=C(COC(=O)c1ccc(O)cc1)NCc1cccc(Cl)c1. The molecule has 22 heavy (non-hydrogen) atoms. The molecule has 0 aliphatic carbocycles. The lowest BCUT2D eigenvalue weighted by Gasteiger charge is -2.07. The Morgan fingerprint density at radius 2 is 1.86 bits per heavy atom. The molecule has 0 aromatic heterocycles. The van der Waals surface area contributed by atoms with Crippen LogP contribution in [0, 0.1) is 0 Å². The predicted octanol–water partition coefficient (Wildman–Crippen LogP) is 2.52. The largest absolute Gasteiger partial charge is 0.508 e. The van der Waals surface area contributed by atoms with Gasteiger partial charge >= 0.3 is 5.97 Å². The van der Waals surface area contributed by atoms with Gasteiger partial charge in [0.2, 0.25) is 0 Å². The number of esters is 1. The van der Waals surface area contributed by atoms with Crippen LogP contribution < -0.4 is 5.32 Å². The van der Waals surface area contributed by atoms with E-state index in [9.17, 15) is 9.59 Å². The van der Waals surface area contributed by atoms with Gasteiger partial charge in [0.25, 0.3) is 5.91 Å². The van der Waals surface area contributed by atoms with Gasteiger partial charge in [0.15, 0.2) is 6.61 Å². The van der Waals surface area contributed by atoms with Crippen molar-refractivity contribution in [1.82, 2.24) is 5.32 Å². The monoisotopic (exact) mass is 319 g/mol. The van der Waals surface area contributed by atoms with E-state index in [4.69, 9.17) is 21.4 Å². The Morgan fingerprint density at radius 3 is 2.55 bits per heavy atom. The molecule has 1 amide bonds. The third-order valence-electron chi connectivity index (χ3n) is 2.82. The van der Waals surface area contributed by atoms with E-state index >= 15 is 0 Å². The van der Waals surface area contributed by atoms with Crippen LogP contribution in [-0.4, -0.2) is 23.6 Å². The average Bonchev–Trinajstić information content (AvgIpc) is 2.51. The van der Waals surface area contributed by atoms with E-state index in [1.807, 2.05) is 6.07 Å². The molecule has 114 valence electrons. The quantitative estimate of drug-likeness (QED) is 0.830. The highest BCUT2D eigenvalue weighted by Crippen LogP contribution is 2.11. The summed E-state index contributed by atoms with van der Waals surface area (Å²) >= 11 is 5.84. The summed E-state index contributed by atoms with van der Waals surface area (Å²) in [5, 5.41) is 12.3. The number of hydrogen-bond donors (Lipinski definition) is 2. The molecular weight excluding hydrogens is 306 g/mol. The number of carbonyl (C=O) groups excluding carboxylic acids is 2. The summed E-state index contributed by atoms with van der Waals surface area (Å²) in [7, 11) is 0. The van der Waals surface area contributed by atoms with Crippen molar-refractivity contribution < 1.29 is 19.4 Å². The fraction of sp³-hybridized carbons (Fsp3) is 0.125. The number of amides is 1. The highest BCUT2D eigenvalue weighted by atomic mass is 35.5. The Kier molecular flexibility index (Phi) is 5.38. The normalized spacial score (nSPS) is 10.0. The van der Waals surface area contributed by atoms with Crippen LogP contribution >= 0.6 is 11.6 Å². The number of nitrogens with one attached hydrogen (secondary N) is 1. The third-order valence-corrected chi connectivity index (χ3v) is 3.05. The molecule has 0 aliphatic heterocycles. The van der Waals surface area contributed by atoms with E-state index in [1.54, 1.807) is 18.2 Å². The molecule has 2 rings (SSSR count). The van der Waals surface area contributed by atoms with Gasteiger partial charge in [-0.2, -0.15) is 0 Å². The van der Waals surface area contributed by atoms with E-state index in [-0.39, 0.29) is 17.9 Å². The topological polar surface area (TPSA) is 75.6 Å². The number of ether oxygens (including phenoxy) is 1. The number of carbonyl (C=O) groups is 2. The summed E-state index contributed by atoms with van der Waals surface area (Å²) in [5.74, 6) is -0.985. The number of phenols is 1. The zero-order valence-electron chi connectivity index (χ0n) is 11.6. The van der Waals surface area contributed by atoms with Gasteiger partial charge in [-0.05, 0) is 42.0 Å². The van der Waals surface area contributed by atoms with Crippen LogP contribution in [0.15, 0.2) is 48.5 Å². The zero-order chi connectivity index (χ0) is 15.9. The first-order valence-corrected chi connectivity index (χ1v) is 6.89. The molecule has 0 bridgehead atoms. The minimum atomic E-state index is -0.627. The van der Waals surface area contributed by atoms with Gasteiger partial charge in [-0.3, -0.25) is 4.79 Å². The number of aromatic hydroxyl groups is 1. The minimum Gasteiger partial charge on any atom is -0.508 e. The van der Waals surface area contributed by atoms with Gasteiger partial charge in [-0.1, -0.05) is 23.7 Å². The van der Waals surface area contributed by atoms with Crippen LogP contribution in [0.25, 0.3) is 0 Å². The van der Waals surface area contributed by atoms with E-state index < -0.39 is 11.9 Å². The fourth-order valence-corrected chi connectivity index (χ4v) is 1.92. The summed E-state index contributed by atoms with van der Waals surface area (Å²) in [4.78, 5) is 23.3. The molecule has 0 saturated heterocycles. The van der Waals surface area contributed by atoms with E-state index in [0.717, 1.165) is 5.56 Å². The van der Waals surface area contributed by atoms with Crippen molar-refractivity contribution >= 4 is 23.5 Å². The van der Waals surface area contributed by atoms with Crippen molar-refractivity contribution in [3.63, 3.8) is 0 Å². The lowest BCUT2D eigenvalue weighted by atomic mass is 10.2. The summed E-state index contributed by atoms with van der Waals surface area (Å²) in [6.07, 6.45) is 0. The summed E-state index contributed by atoms with van der Waals surface area (Å²) in [6.45, 7) is -0.0730. The Hall–Kier alpha value is -2.53. The predicted molar refractivity (Wildman–Crippen MR) is 81.7 cm³/mol. The number of halogens is 1. The van der Waals surface area contributed by atoms with Crippen LogP contribution in [0.4, 0.5) is 0 Å². The molecule has 0 saturated carbocycles. The number of benzene rings is 2. The van der Waals surface area contributed by atoms with Crippen LogP contribution in [0.3, 0.4) is 0 Å². The summed E-state index contributed by atoms with van der Waals surface area (Å²) in [6, 6.07) is 12.7. The van der Waals surface area contributed by atoms with Crippen molar-refractivity contribution in [3.8, 4) is 5.75 Å². The summed E-state index contributed by atoms with van der Waals surface area (Å²) in [5.41, 5.74) is 1.12. The Balaban J connectivity index is 1.78. The number of rotatable bonds is 5. The van der Waals surface area contributed by atoms with Crippen molar-refractivity contribution in [1.29, 1.82) is 0 Å². The van der Waals surface area contributed by atoms with Gasteiger partial charge in [0.05, 0.1) is 5.56 Å².